The van der Waals surface area contributed by atoms with Gasteiger partial charge in [-0.15, -0.1) is 0 Å². The van der Waals surface area contributed by atoms with Gasteiger partial charge in [0.1, 0.15) is 11.7 Å². The fourth-order valence-corrected chi connectivity index (χ4v) is 6.17. The van der Waals surface area contributed by atoms with Crippen LogP contribution in [0, 0.1) is 12.3 Å². The summed E-state index contributed by atoms with van der Waals surface area (Å²) in [5.74, 6) is -0.904. The summed E-state index contributed by atoms with van der Waals surface area (Å²) in [5, 5.41) is 13.3. The van der Waals surface area contributed by atoms with Gasteiger partial charge in [0.25, 0.3) is 0 Å². The van der Waals surface area contributed by atoms with Gasteiger partial charge in [-0.05, 0) is 67.3 Å². The molecule has 30 heavy (non-hydrogen) atoms. The fourth-order valence-electron chi connectivity index (χ4n) is 6.17. The molecule has 1 aromatic heterocycles. The highest BCUT2D eigenvalue weighted by Gasteiger charge is 2.69. The second-order valence-corrected chi connectivity index (χ2v) is 9.69. The average molecular weight is 414 g/mol. The zero-order valence-electron chi connectivity index (χ0n) is 18.5. The molecule has 4 atom stereocenters. The lowest BCUT2D eigenvalue weighted by Gasteiger charge is -2.63. The van der Waals surface area contributed by atoms with Crippen molar-refractivity contribution in [3.8, 4) is 0 Å². The largest absolute Gasteiger partial charge is 0.464 e. The van der Waals surface area contributed by atoms with E-state index in [4.69, 9.17) is 13.9 Å². The van der Waals surface area contributed by atoms with E-state index in [1.54, 1.807) is 6.26 Å². The van der Waals surface area contributed by atoms with Crippen LogP contribution in [0.1, 0.15) is 64.2 Å². The smallest absolute Gasteiger partial charge is 0.303 e. The van der Waals surface area contributed by atoms with Crippen LogP contribution in [-0.2, 0) is 30.9 Å². The number of carbonyl (C=O) groups excluding carboxylic acids is 2. The van der Waals surface area contributed by atoms with Gasteiger partial charge in [-0.2, -0.15) is 0 Å². The Kier molecular flexibility index (Phi) is 4.59. The molecule has 0 unspecified atom stereocenters. The average Bonchev–Trinajstić information content (AvgIpc) is 3.10. The second-order valence-electron chi connectivity index (χ2n) is 9.69. The van der Waals surface area contributed by atoms with E-state index in [2.05, 4.69) is 6.92 Å². The molecule has 2 aliphatic carbocycles. The predicted molar refractivity (Wildman–Crippen MR) is 111 cm³/mol. The van der Waals surface area contributed by atoms with Crippen molar-refractivity contribution >= 4 is 22.9 Å². The van der Waals surface area contributed by atoms with E-state index in [-0.39, 0.29) is 0 Å². The van der Waals surface area contributed by atoms with E-state index >= 15 is 0 Å². The van der Waals surface area contributed by atoms with E-state index in [1.165, 1.54) is 13.8 Å². The summed E-state index contributed by atoms with van der Waals surface area (Å²) >= 11 is 0. The molecule has 1 fully saturated rings. The number of rotatable bonds is 2. The van der Waals surface area contributed by atoms with Crippen LogP contribution in [-0.4, -0.2) is 34.9 Å². The van der Waals surface area contributed by atoms with E-state index < -0.39 is 40.6 Å². The molecule has 1 N–H and O–H groups in total. The maximum atomic E-state index is 12.2. The molecule has 6 heteroatoms. The molecule has 4 rings (SSSR count). The number of ether oxygens (including phenoxy) is 2. The molecule has 0 saturated heterocycles. The Morgan fingerprint density at radius 1 is 1.17 bits per heavy atom. The molecule has 6 nitrogen and oxygen atoms in total. The summed E-state index contributed by atoms with van der Waals surface area (Å²) in [7, 11) is 0. The third kappa shape index (κ3) is 2.66. The first-order chi connectivity index (χ1) is 13.9. The van der Waals surface area contributed by atoms with Crippen molar-refractivity contribution < 1.29 is 28.6 Å². The molecule has 2 aliphatic rings. The molecule has 1 aromatic carbocycles. The van der Waals surface area contributed by atoms with Gasteiger partial charge < -0.3 is 19.0 Å². The van der Waals surface area contributed by atoms with Crippen LogP contribution in [0.3, 0.4) is 0 Å². The topological polar surface area (TPSA) is 86.0 Å². The maximum Gasteiger partial charge on any atom is 0.303 e. The van der Waals surface area contributed by atoms with E-state index in [1.807, 2.05) is 32.9 Å². The van der Waals surface area contributed by atoms with Crippen molar-refractivity contribution in [3.05, 3.63) is 35.1 Å². The molecule has 162 valence electrons. The number of aryl methyl sites for hydroxylation is 1. The van der Waals surface area contributed by atoms with Crippen molar-refractivity contribution in [3.63, 3.8) is 0 Å². The second kappa shape index (κ2) is 6.58. The third-order valence-electron chi connectivity index (χ3n) is 7.66. The highest BCUT2D eigenvalue weighted by atomic mass is 16.6. The summed E-state index contributed by atoms with van der Waals surface area (Å²) in [5.41, 5.74) is 1.12. The molecule has 1 saturated carbocycles. The van der Waals surface area contributed by atoms with Gasteiger partial charge in [0.05, 0.1) is 17.3 Å². The summed E-state index contributed by atoms with van der Waals surface area (Å²) in [6.07, 6.45) is 1.82. The lowest BCUT2D eigenvalue weighted by molar-refractivity contribution is -0.243. The van der Waals surface area contributed by atoms with E-state index in [9.17, 15) is 14.7 Å². The Hall–Kier alpha value is -2.34. The van der Waals surface area contributed by atoms with Crippen LogP contribution in [0.5, 0.6) is 0 Å². The van der Waals surface area contributed by atoms with Crippen molar-refractivity contribution in [1.29, 1.82) is 0 Å². The highest BCUT2D eigenvalue weighted by molar-refractivity contribution is 5.84. The van der Waals surface area contributed by atoms with Gasteiger partial charge in [0.15, 0.2) is 6.10 Å². The maximum absolute atomic E-state index is 12.2. The SMILES string of the molecule is CC(=O)O[C@H]1CC(C)(C)[C@]2(O)CCc3c(cc4occc4c3C)[C@@]2(C)[C@H]1OC(C)=O. The predicted octanol–water partition coefficient (Wildman–Crippen LogP) is 3.97. The quantitative estimate of drug-likeness (QED) is 0.749. The van der Waals surface area contributed by atoms with Crippen LogP contribution in [0.4, 0.5) is 0 Å². The molecule has 2 aromatic rings. The molecule has 0 spiro atoms. The number of hydrogen-bond donors (Lipinski definition) is 1. The lowest BCUT2D eigenvalue weighted by atomic mass is 9.45. The Labute approximate surface area is 176 Å². The monoisotopic (exact) mass is 414 g/mol. The zero-order chi connectivity index (χ0) is 22.1. The zero-order valence-corrected chi connectivity index (χ0v) is 18.5. The number of furan rings is 1. The van der Waals surface area contributed by atoms with Crippen LogP contribution >= 0.6 is 0 Å². The number of hydrogen-bond acceptors (Lipinski definition) is 6. The van der Waals surface area contributed by atoms with Gasteiger partial charge in [0.2, 0.25) is 0 Å². The minimum atomic E-state index is -1.17. The van der Waals surface area contributed by atoms with Crippen LogP contribution in [0.2, 0.25) is 0 Å². The minimum Gasteiger partial charge on any atom is -0.464 e. The number of esters is 2. The van der Waals surface area contributed by atoms with Crippen molar-refractivity contribution in [2.45, 2.75) is 84.0 Å². The van der Waals surface area contributed by atoms with Crippen molar-refractivity contribution in [1.82, 2.24) is 0 Å². The highest BCUT2D eigenvalue weighted by Crippen LogP contribution is 2.61. The Morgan fingerprint density at radius 2 is 1.83 bits per heavy atom. The normalized spacial score (nSPS) is 32.2. The summed E-state index contributed by atoms with van der Waals surface area (Å²) < 4.78 is 17.2. The van der Waals surface area contributed by atoms with Crippen LogP contribution < -0.4 is 0 Å². The van der Waals surface area contributed by atoms with Crippen molar-refractivity contribution in [2.75, 3.05) is 0 Å². The first kappa shape index (κ1) is 20.9. The van der Waals surface area contributed by atoms with Crippen LogP contribution in [0.25, 0.3) is 11.0 Å². The Morgan fingerprint density at radius 3 is 2.47 bits per heavy atom. The Bertz CT molecular complexity index is 1030. The summed E-state index contributed by atoms with van der Waals surface area (Å²) in [6, 6.07) is 3.91. The number of aliphatic hydroxyl groups is 1. The summed E-state index contributed by atoms with van der Waals surface area (Å²) in [6.45, 7) is 10.7. The standard InChI is InChI=1S/C24H30O6/c1-13-16-7-9-24(27)22(4,5)12-20(29-14(2)25)21(30-15(3)26)23(24,6)18(16)11-19-17(13)8-10-28-19/h8,10-11,20-21,27H,7,9,12H2,1-6H3/t20-,21-,23-,24+/m0/s1. The Balaban J connectivity index is 2.02. The molecule has 0 aliphatic heterocycles. The lowest BCUT2D eigenvalue weighted by Crippen LogP contribution is -2.73. The van der Waals surface area contributed by atoms with Gasteiger partial charge >= 0.3 is 11.9 Å². The fraction of sp³-hybridized carbons (Fsp3) is 0.583. The van der Waals surface area contributed by atoms with E-state index in [0.717, 1.165) is 27.7 Å². The van der Waals surface area contributed by atoms with Gasteiger partial charge in [0, 0.05) is 19.2 Å². The van der Waals surface area contributed by atoms with Crippen molar-refractivity contribution in [2.24, 2.45) is 5.41 Å². The number of carbonyl (C=O) groups is 2. The number of fused-ring (bicyclic) bond motifs is 4. The van der Waals surface area contributed by atoms with Crippen LogP contribution in [0.15, 0.2) is 22.8 Å². The van der Waals surface area contributed by atoms with Gasteiger partial charge in [-0.3, -0.25) is 9.59 Å². The molecule has 1 heterocycles. The van der Waals surface area contributed by atoms with Gasteiger partial charge in [-0.1, -0.05) is 13.8 Å². The molecule has 0 bridgehead atoms. The first-order valence-electron chi connectivity index (χ1n) is 10.5. The molecular formula is C24H30O6. The molecular weight excluding hydrogens is 384 g/mol. The van der Waals surface area contributed by atoms with E-state index in [0.29, 0.717) is 19.3 Å². The molecule has 0 amide bonds. The molecule has 0 radical (unpaired) electrons. The van der Waals surface area contributed by atoms with Gasteiger partial charge in [-0.25, -0.2) is 0 Å². The first-order valence-corrected chi connectivity index (χ1v) is 10.5. The summed E-state index contributed by atoms with van der Waals surface area (Å²) in [4.78, 5) is 24.0. The third-order valence-corrected chi connectivity index (χ3v) is 7.66. The number of benzene rings is 1. The minimum absolute atomic E-state index is 0.397.